The van der Waals surface area contributed by atoms with Crippen LogP contribution in [0.4, 0.5) is 11.5 Å². The number of halogens is 1. The maximum Gasteiger partial charge on any atom is 0.311 e. The first-order chi connectivity index (χ1) is 8.91. The number of carbonyl (C=O) groups is 1. The van der Waals surface area contributed by atoms with Crippen LogP contribution in [0.1, 0.15) is 18.9 Å². The molecule has 1 aromatic rings. The number of rotatable bonds is 5. The number of allylic oxidation sites excluding steroid dienone is 1. The smallest absolute Gasteiger partial charge is 0.311 e. The lowest BCUT2D eigenvalue weighted by Gasteiger charge is -2.01. The topological polar surface area (TPSA) is 99.1 Å². The summed E-state index contributed by atoms with van der Waals surface area (Å²) in [6, 6.07) is 1.28. The molecule has 102 valence electrons. The molecule has 6 nitrogen and oxygen atoms in total. The summed E-state index contributed by atoms with van der Waals surface area (Å²) < 4.78 is 0. The molecule has 0 aliphatic heterocycles. The molecule has 0 fully saturated rings. The molecule has 19 heavy (non-hydrogen) atoms. The van der Waals surface area contributed by atoms with Gasteiger partial charge in [-0.2, -0.15) is 0 Å². The largest absolute Gasteiger partial charge is 0.378 e. The molecule has 2 N–H and O–H groups in total. The van der Waals surface area contributed by atoms with Crippen molar-refractivity contribution in [2.75, 3.05) is 11.5 Å². The van der Waals surface area contributed by atoms with Gasteiger partial charge in [-0.05, 0) is 6.42 Å². The Labute approximate surface area is 119 Å². The summed E-state index contributed by atoms with van der Waals surface area (Å²) in [6.07, 6.45) is 4.06. The quantitative estimate of drug-likeness (QED) is 0.388. The Balaban J connectivity index is 2.77. The lowest BCUT2D eigenvalue weighted by Crippen LogP contribution is -1.99. The highest BCUT2D eigenvalue weighted by Crippen LogP contribution is 2.26. The predicted octanol–water partition coefficient (Wildman–Crippen LogP) is 2.91. The van der Waals surface area contributed by atoms with Crippen molar-refractivity contribution in [3.63, 3.8) is 0 Å². The molecule has 0 bridgehead atoms. The van der Waals surface area contributed by atoms with Gasteiger partial charge in [0.1, 0.15) is 5.15 Å². The van der Waals surface area contributed by atoms with Crippen molar-refractivity contribution < 1.29 is 9.72 Å². The first-order valence-corrected chi connectivity index (χ1v) is 6.68. The number of carbonyl (C=O) groups excluding carboxylic acids is 1. The van der Waals surface area contributed by atoms with E-state index >= 15 is 0 Å². The standard InChI is InChI=1S/C11H12ClN3O3S/c1-7(16)19-5-3-2-4-8-6-9(15(17)18)11(13)14-10(8)12/h2,4,6H,3,5H2,1H3,(H2,13,14). The van der Waals surface area contributed by atoms with Gasteiger partial charge in [-0.1, -0.05) is 35.5 Å². The molecule has 0 saturated heterocycles. The SMILES string of the molecule is CC(=O)SCCC=Cc1cc([N+](=O)[O-])c(N)nc1Cl. The zero-order valence-corrected chi connectivity index (χ0v) is 11.7. The number of hydrogen-bond acceptors (Lipinski definition) is 6. The fraction of sp³-hybridized carbons (Fsp3) is 0.273. The highest BCUT2D eigenvalue weighted by molar-refractivity contribution is 8.13. The van der Waals surface area contributed by atoms with Crippen molar-refractivity contribution in [2.45, 2.75) is 13.3 Å². The third-order valence-corrected chi connectivity index (χ3v) is 3.24. The Bertz CT molecular complexity index is 534. The van der Waals surface area contributed by atoms with Crippen molar-refractivity contribution in [1.82, 2.24) is 4.98 Å². The Morgan fingerprint density at radius 1 is 1.68 bits per heavy atom. The number of nitro groups is 1. The van der Waals surface area contributed by atoms with E-state index in [2.05, 4.69) is 4.98 Å². The predicted molar refractivity (Wildman–Crippen MR) is 77.1 cm³/mol. The van der Waals surface area contributed by atoms with Crippen LogP contribution in [0.5, 0.6) is 0 Å². The summed E-state index contributed by atoms with van der Waals surface area (Å²) in [5, 5.41) is 10.9. The molecule has 0 radical (unpaired) electrons. The second kappa shape index (κ2) is 7.10. The van der Waals surface area contributed by atoms with E-state index in [1.54, 1.807) is 12.2 Å². The molecule has 0 amide bonds. The number of nitrogen functional groups attached to an aromatic ring is 1. The van der Waals surface area contributed by atoms with E-state index in [0.717, 1.165) is 0 Å². The summed E-state index contributed by atoms with van der Waals surface area (Å²) in [6.45, 7) is 1.50. The summed E-state index contributed by atoms with van der Waals surface area (Å²) in [5.74, 6) is 0.438. The maximum atomic E-state index is 10.7. The summed E-state index contributed by atoms with van der Waals surface area (Å²) in [4.78, 5) is 24.5. The molecular weight excluding hydrogens is 290 g/mol. The van der Waals surface area contributed by atoms with Gasteiger partial charge in [-0.3, -0.25) is 14.9 Å². The first kappa shape index (κ1) is 15.5. The zero-order chi connectivity index (χ0) is 14.4. The van der Waals surface area contributed by atoms with E-state index in [1.165, 1.54) is 24.8 Å². The average Bonchev–Trinajstić information content (AvgIpc) is 2.30. The molecule has 0 spiro atoms. The van der Waals surface area contributed by atoms with Gasteiger partial charge in [0, 0.05) is 24.3 Å². The number of thioether (sulfide) groups is 1. The normalized spacial score (nSPS) is 10.8. The fourth-order valence-corrected chi connectivity index (χ4v) is 2.00. The second-order valence-corrected chi connectivity index (χ2v) is 5.19. The maximum absolute atomic E-state index is 10.7. The molecule has 1 aromatic heterocycles. The van der Waals surface area contributed by atoms with Gasteiger partial charge in [0.15, 0.2) is 5.12 Å². The minimum Gasteiger partial charge on any atom is -0.378 e. The van der Waals surface area contributed by atoms with Crippen LogP contribution in [-0.4, -0.2) is 20.8 Å². The molecule has 0 atom stereocenters. The van der Waals surface area contributed by atoms with Gasteiger partial charge in [0.25, 0.3) is 0 Å². The van der Waals surface area contributed by atoms with E-state index in [4.69, 9.17) is 17.3 Å². The third-order valence-electron chi connectivity index (χ3n) is 2.10. The van der Waals surface area contributed by atoms with Gasteiger partial charge < -0.3 is 5.73 Å². The molecular formula is C11H12ClN3O3S. The van der Waals surface area contributed by atoms with Crippen LogP contribution in [0.3, 0.4) is 0 Å². The van der Waals surface area contributed by atoms with Crippen LogP contribution in [0, 0.1) is 10.1 Å². The first-order valence-electron chi connectivity index (χ1n) is 5.32. The van der Waals surface area contributed by atoms with E-state index in [-0.39, 0.29) is 21.8 Å². The monoisotopic (exact) mass is 301 g/mol. The lowest BCUT2D eigenvalue weighted by atomic mass is 10.2. The summed E-state index contributed by atoms with van der Waals surface area (Å²) >= 11 is 7.06. The number of hydrogen-bond donors (Lipinski definition) is 1. The average molecular weight is 302 g/mol. The lowest BCUT2D eigenvalue weighted by molar-refractivity contribution is -0.384. The van der Waals surface area contributed by atoms with Crippen LogP contribution >= 0.6 is 23.4 Å². The molecule has 0 unspecified atom stereocenters. The number of nitrogens with two attached hydrogens (primary N) is 1. The highest BCUT2D eigenvalue weighted by atomic mass is 35.5. The van der Waals surface area contributed by atoms with Gasteiger partial charge in [-0.25, -0.2) is 4.98 Å². The van der Waals surface area contributed by atoms with Crippen molar-refractivity contribution in [3.05, 3.63) is 33.0 Å². The number of anilines is 1. The minimum atomic E-state index is -0.610. The van der Waals surface area contributed by atoms with Crippen molar-refractivity contribution in [3.8, 4) is 0 Å². The highest BCUT2D eigenvalue weighted by Gasteiger charge is 2.15. The van der Waals surface area contributed by atoms with Crippen molar-refractivity contribution >= 4 is 46.1 Å². The van der Waals surface area contributed by atoms with Crippen LogP contribution in [0.25, 0.3) is 6.08 Å². The van der Waals surface area contributed by atoms with E-state index in [9.17, 15) is 14.9 Å². The Hall–Kier alpha value is -1.60. The van der Waals surface area contributed by atoms with Crippen LogP contribution < -0.4 is 5.73 Å². The van der Waals surface area contributed by atoms with Gasteiger partial charge in [0.05, 0.1) is 4.92 Å². The van der Waals surface area contributed by atoms with Crippen molar-refractivity contribution in [1.29, 1.82) is 0 Å². The summed E-state index contributed by atoms with van der Waals surface area (Å²) in [5.41, 5.74) is 5.55. The molecule has 1 rings (SSSR count). The molecule has 0 aromatic carbocycles. The minimum absolute atomic E-state index is 0.0521. The Morgan fingerprint density at radius 3 is 2.95 bits per heavy atom. The van der Waals surface area contributed by atoms with E-state index < -0.39 is 4.92 Å². The van der Waals surface area contributed by atoms with Crippen molar-refractivity contribution in [2.24, 2.45) is 0 Å². The Kier molecular flexibility index (Phi) is 5.78. The number of pyridine rings is 1. The number of nitrogens with zero attached hydrogens (tertiary/aromatic N) is 2. The molecule has 0 aliphatic rings. The fourth-order valence-electron chi connectivity index (χ4n) is 1.25. The molecule has 8 heteroatoms. The van der Waals surface area contributed by atoms with Gasteiger partial charge in [0.2, 0.25) is 5.82 Å². The zero-order valence-electron chi connectivity index (χ0n) is 10.1. The molecule has 0 aliphatic carbocycles. The second-order valence-electron chi connectivity index (χ2n) is 3.56. The Morgan fingerprint density at radius 2 is 2.37 bits per heavy atom. The number of aromatic nitrogens is 1. The van der Waals surface area contributed by atoms with E-state index in [1.807, 2.05) is 0 Å². The molecule has 0 saturated carbocycles. The van der Waals surface area contributed by atoms with Gasteiger partial charge >= 0.3 is 5.69 Å². The van der Waals surface area contributed by atoms with Crippen LogP contribution in [0.15, 0.2) is 12.1 Å². The van der Waals surface area contributed by atoms with Gasteiger partial charge in [-0.15, -0.1) is 0 Å². The summed E-state index contributed by atoms with van der Waals surface area (Å²) in [7, 11) is 0. The third kappa shape index (κ3) is 4.88. The van der Waals surface area contributed by atoms with Crippen LogP contribution in [-0.2, 0) is 4.79 Å². The van der Waals surface area contributed by atoms with Crippen LogP contribution in [0.2, 0.25) is 5.15 Å². The molecule has 1 heterocycles. The van der Waals surface area contributed by atoms with E-state index in [0.29, 0.717) is 17.7 Å².